The number of amides is 2. The first-order chi connectivity index (χ1) is 17.6. The Morgan fingerprint density at radius 3 is 2.62 bits per heavy atom. The molecule has 3 heterocycles. The summed E-state index contributed by atoms with van der Waals surface area (Å²) in [5.74, 6) is 0.0744. The van der Waals surface area contributed by atoms with E-state index in [4.69, 9.17) is 32.7 Å². The van der Waals surface area contributed by atoms with E-state index >= 15 is 0 Å². The van der Waals surface area contributed by atoms with Gasteiger partial charge in [0.15, 0.2) is 6.73 Å². The molecule has 1 aromatic heterocycles. The van der Waals surface area contributed by atoms with Crippen LogP contribution in [0, 0.1) is 0 Å². The zero-order chi connectivity index (χ0) is 26.3. The Morgan fingerprint density at radius 1 is 1.14 bits per heavy atom. The number of benzene rings is 2. The van der Waals surface area contributed by atoms with Gasteiger partial charge >= 0.3 is 6.09 Å². The number of fused-ring (bicyclic) bond motifs is 2. The second-order valence-electron chi connectivity index (χ2n) is 9.75. The Hall–Kier alpha value is -3.56. The molecule has 0 atom stereocenters. The first kappa shape index (κ1) is 25.1. The normalized spacial score (nSPS) is 15.0. The minimum absolute atomic E-state index is 0.0922. The van der Waals surface area contributed by atoms with Crippen LogP contribution in [0.15, 0.2) is 42.6 Å². The van der Waals surface area contributed by atoms with E-state index in [1.807, 2.05) is 39.0 Å². The molecule has 0 unspecified atom stereocenters. The number of carbonyl (C=O) groups is 2. The molecule has 11 heteroatoms. The summed E-state index contributed by atoms with van der Waals surface area (Å²) in [4.78, 5) is 37.4. The number of halogens is 2. The van der Waals surface area contributed by atoms with Crippen molar-refractivity contribution in [3.63, 3.8) is 0 Å². The molecule has 192 valence electrons. The number of nitrogens with one attached hydrogen (secondary N) is 1. The summed E-state index contributed by atoms with van der Waals surface area (Å²) in [6.07, 6.45) is 1.82. The van der Waals surface area contributed by atoms with E-state index < -0.39 is 5.60 Å². The lowest BCUT2D eigenvalue weighted by atomic mass is 9.99. The lowest BCUT2D eigenvalue weighted by molar-refractivity contribution is 0.0224. The van der Waals surface area contributed by atoms with Crippen LogP contribution < -0.4 is 15.0 Å². The maximum atomic E-state index is 13.1. The highest BCUT2D eigenvalue weighted by molar-refractivity contribution is 6.40. The standard InChI is InChI=1S/C26H25Cl2N5O4/c1-26(2,3)37-25(35)32-10-9-15-7-8-17(11-16(15)13-32)30-24-29-12-18-22(31-24)36-14-33(23(18)34)21-19(27)5-4-6-20(21)28/h4-8,11-12H,9-10,13-14H2,1-3H3,(H,29,30,31). The molecule has 0 saturated heterocycles. The van der Waals surface area contributed by atoms with Crippen LogP contribution in [0.4, 0.5) is 22.1 Å². The summed E-state index contributed by atoms with van der Waals surface area (Å²) in [5, 5.41) is 3.83. The number of anilines is 3. The van der Waals surface area contributed by atoms with Gasteiger partial charge in [0, 0.05) is 25.0 Å². The van der Waals surface area contributed by atoms with Crippen LogP contribution in [-0.4, -0.2) is 45.7 Å². The first-order valence-corrected chi connectivity index (χ1v) is 12.5. The topological polar surface area (TPSA) is 96.9 Å². The zero-order valence-corrected chi connectivity index (χ0v) is 22.1. The lowest BCUT2D eigenvalue weighted by Gasteiger charge is -2.31. The van der Waals surface area contributed by atoms with Crippen molar-refractivity contribution in [3.05, 3.63) is 69.3 Å². The molecule has 3 aromatic rings. The van der Waals surface area contributed by atoms with Crippen LogP contribution in [0.1, 0.15) is 42.3 Å². The molecule has 37 heavy (non-hydrogen) atoms. The predicted molar refractivity (Wildman–Crippen MR) is 141 cm³/mol. The van der Waals surface area contributed by atoms with Gasteiger partial charge < -0.3 is 19.7 Å². The minimum atomic E-state index is -0.551. The Bertz CT molecular complexity index is 1370. The maximum Gasteiger partial charge on any atom is 0.410 e. The van der Waals surface area contributed by atoms with Gasteiger partial charge in [0.05, 0.1) is 15.7 Å². The third kappa shape index (κ3) is 5.28. The Balaban J connectivity index is 1.32. The number of para-hydroxylation sites is 1. The molecule has 2 aliphatic rings. The van der Waals surface area contributed by atoms with Gasteiger partial charge in [-0.1, -0.05) is 35.3 Å². The fourth-order valence-corrected chi connectivity index (χ4v) is 4.77. The highest BCUT2D eigenvalue weighted by Gasteiger charge is 2.31. The van der Waals surface area contributed by atoms with E-state index in [1.54, 1.807) is 23.1 Å². The van der Waals surface area contributed by atoms with Crippen LogP contribution in [0.5, 0.6) is 5.88 Å². The molecule has 0 spiro atoms. The van der Waals surface area contributed by atoms with Crippen molar-refractivity contribution in [2.45, 2.75) is 39.3 Å². The van der Waals surface area contributed by atoms with Crippen LogP contribution in [0.25, 0.3) is 0 Å². The molecule has 2 aliphatic heterocycles. The third-order valence-corrected chi connectivity index (χ3v) is 6.50. The van der Waals surface area contributed by atoms with E-state index in [2.05, 4.69) is 15.3 Å². The quantitative estimate of drug-likeness (QED) is 0.446. The van der Waals surface area contributed by atoms with Crippen molar-refractivity contribution in [2.24, 2.45) is 0 Å². The van der Waals surface area contributed by atoms with Crippen LogP contribution >= 0.6 is 23.2 Å². The second-order valence-corrected chi connectivity index (χ2v) is 10.6. The summed E-state index contributed by atoms with van der Waals surface area (Å²) in [6.45, 7) is 6.51. The number of ether oxygens (including phenoxy) is 2. The van der Waals surface area contributed by atoms with Crippen molar-refractivity contribution in [3.8, 4) is 5.88 Å². The monoisotopic (exact) mass is 541 g/mol. The summed E-state index contributed by atoms with van der Waals surface area (Å²) < 4.78 is 11.3. The molecular weight excluding hydrogens is 517 g/mol. The van der Waals surface area contributed by atoms with Gasteiger partial charge in [-0.25, -0.2) is 9.78 Å². The summed E-state index contributed by atoms with van der Waals surface area (Å²) in [6, 6.07) is 10.9. The van der Waals surface area contributed by atoms with E-state index in [9.17, 15) is 9.59 Å². The van der Waals surface area contributed by atoms with E-state index in [-0.39, 0.29) is 36.1 Å². The fraction of sp³-hybridized carbons (Fsp3) is 0.308. The van der Waals surface area contributed by atoms with Crippen LogP contribution in [0.2, 0.25) is 10.0 Å². The maximum absolute atomic E-state index is 13.1. The summed E-state index contributed by atoms with van der Waals surface area (Å²) in [7, 11) is 0. The predicted octanol–water partition coefficient (Wildman–Crippen LogP) is 5.82. The molecule has 1 N–H and O–H groups in total. The molecule has 0 fully saturated rings. The van der Waals surface area contributed by atoms with Crippen molar-refractivity contribution < 1.29 is 19.1 Å². The molecule has 2 amide bonds. The van der Waals surface area contributed by atoms with Gasteiger partial charge in [-0.2, -0.15) is 4.98 Å². The SMILES string of the molecule is CC(C)(C)OC(=O)N1CCc2ccc(Nc3ncc4c(n3)OCN(c3c(Cl)cccc3Cl)C4=O)cc2C1. The molecule has 5 rings (SSSR count). The first-order valence-electron chi connectivity index (χ1n) is 11.7. The van der Waals surface area contributed by atoms with E-state index in [0.717, 1.165) is 17.7 Å². The average Bonchev–Trinajstić information content (AvgIpc) is 2.84. The van der Waals surface area contributed by atoms with Gasteiger partial charge in [0.1, 0.15) is 11.2 Å². The minimum Gasteiger partial charge on any atom is -0.455 e. The van der Waals surface area contributed by atoms with E-state index in [0.29, 0.717) is 28.8 Å². The lowest BCUT2D eigenvalue weighted by Crippen LogP contribution is -2.39. The molecule has 9 nitrogen and oxygen atoms in total. The van der Waals surface area contributed by atoms with Crippen molar-refractivity contribution >= 4 is 52.5 Å². The number of carbonyl (C=O) groups excluding carboxylic acids is 2. The van der Waals surface area contributed by atoms with E-state index in [1.165, 1.54) is 16.7 Å². The second kappa shape index (κ2) is 9.72. The van der Waals surface area contributed by atoms with Crippen molar-refractivity contribution in [1.82, 2.24) is 14.9 Å². The van der Waals surface area contributed by atoms with Gasteiger partial charge in [0.25, 0.3) is 5.91 Å². The molecule has 0 radical (unpaired) electrons. The highest BCUT2D eigenvalue weighted by Crippen LogP contribution is 2.37. The number of nitrogens with zero attached hydrogens (tertiary/aromatic N) is 4. The zero-order valence-electron chi connectivity index (χ0n) is 20.5. The molecule has 2 aromatic carbocycles. The van der Waals surface area contributed by atoms with Gasteiger partial charge in [-0.3, -0.25) is 9.69 Å². The number of hydrogen-bond donors (Lipinski definition) is 1. The van der Waals surface area contributed by atoms with Gasteiger partial charge in [-0.15, -0.1) is 0 Å². The highest BCUT2D eigenvalue weighted by atomic mass is 35.5. The summed E-state index contributed by atoms with van der Waals surface area (Å²) in [5.41, 5.74) is 2.95. The van der Waals surface area contributed by atoms with Crippen LogP contribution in [0.3, 0.4) is 0 Å². The Labute approximate surface area is 224 Å². The van der Waals surface area contributed by atoms with Gasteiger partial charge in [0.2, 0.25) is 11.8 Å². The van der Waals surface area contributed by atoms with Crippen molar-refractivity contribution in [2.75, 3.05) is 23.5 Å². The molecular formula is C26H25Cl2N5O4. The number of aromatic nitrogens is 2. The Morgan fingerprint density at radius 2 is 1.89 bits per heavy atom. The average molecular weight is 542 g/mol. The largest absolute Gasteiger partial charge is 0.455 e. The van der Waals surface area contributed by atoms with Crippen LogP contribution in [-0.2, 0) is 17.7 Å². The summed E-state index contributed by atoms with van der Waals surface area (Å²) >= 11 is 12.5. The molecule has 0 bridgehead atoms. The number of hydrogen-bond acceptors (Lipinski definition) is 7. The Kier molecular flexibility index (Phi) is 6.59. The van der Waals surface area contributed by atoms with Gasteiger partial charge in [-0.05, 0) is 62.6 Å². The molecule has 0 saturated carbocycles. The van der Waals surface area contributed by atoms with Crippen molar-refractivity contribution in [1.29, 1.82) is 0 Å². The smallest absolute Gasteiger partial charge is 0.410 e. The fourth-order valence-electron chi connectivity index (χ4n) is 4.17. The molecule has 0 aliphatic carbocycles. The number of rotatable bonds is 3. The third-order valence-electron chi connectivity index (χ3n) is 5.89.